The number of hydrogen-bond acceptors (Lipinski definition) is 8. The number of rotatable bonds is 6. The van der Waals surface area contributed by atoms with E-state index in [1.54, 1.807) is 0 Å². The molecule has 8 heteroatoms. The second-order valence-electron chi connectivity index (χ2n) is 8.79. The zero-order chi connectivity index (χ0) is 23.6. The SMILES string of the molecule is N#Cc1ccc([C@@]2(O)O[C@H](CO)[C@@H](O)[C@H](O)[C@H]2O)cc1Cc1ccc(OC2CCCC2)cc1. The Bertz CT molecular complexity index is 997. The first-order chi connectivity index (χ1) is 15.9. The molecule has 0 radical (unpaired) electrons. The second kappa shape index (κ2) is 9.77. The molecule has 4 rings (SSSR count). The van der Waals surface area contributed by atoms with E-state index < -0.39 is 36.8 Å². The molecule has 1 heterocycles. The minimum absolute atomic E-state index is 0.106. The van der Waals surface area contributed by atoms with E-state index in [1.807, 2.05) is 24.3 Å². The van der Waals surface area contributed by atoms with Crippen molar-refractivity contribution >= 4 is 0 Å². The van der Waals surface area contributed by atoms with Crippen LogP contribution in [0.15, 0.2) is 42.5 Å². The van der Waals surface area contributed by atoms with Gasteiger partial charge in [-0.05, 0) is 67.5 Å². The third-order valence-corrected chi connectivity index (χ3v) is 6.53. The van der Waals surface area contributed by atoms with Gasteiger partial charge in [0, 0.05) is 5.56 Å². The number of hydrogen-bond donors (Lipinski definition) is 5. The molecule has 1 saturated carbocycles. The zero-order valence-corrected chi connectivity index (χ0v) is 18.2. The topological polar surface area (TPSA) is 143 Å². The summed E-state index contributed by atoms with van der Waals surface area (Å²) in [4.78, 5) is 0. The van der Waals surface area contributed by atoms with Crippen molar-refractivity contribution in [1.82, 2.24) is 0 Å². The van der Waals surface area contributed by atoms with Crippen molar-refractivity contribution in [3.63, 3.8) is 0 Å². The van der Waals surface area contributed by atoms with Crippen molar-refractivity contribution in [2.75, 3.05) is 6.61 Å². The standard InChI is InChI=1S/C25H29NO7/c26-13-16-7-8-18(25(31)24(30)23(29)22(28)21(14-27)33-25)12-17(16)11-15-5-9-20(10-6-15)32-19-3-1-2-4-19/h5-10,12,19,21-24,27-31H,1-4,11,14H2/t21-,22-,23+,24-,25-/m1/s1. The summed E-state index contributed by atoms with van der Waals surface area (Å²) in [5.41, 5.74) is 2.00. The van der Waals surface area contributed by atoms with Crippen LogP contribution in [-0.4, -0.2) is 62.7 Å². The molecule has 0 unspecified atom stereocenters. The molecule has 8 nitrogen and oxygen atoms in total. The van der Waals surface area contributed by atoms with E-state index in [9.17, 15) is 30.8 Å². The molecule has 0 amide bonds. The molecule has 2 aromatic carbocycles. The van der Waals surface area contributed by atoms with Crippen LogP contribution >= 0.6 is 0 Å². The van der Waals surface area contributed by atoms with Crippen LogP contribution in [0.1, 0.15) is 47.9 Å². The van der Waals surface area contributed by atoms with Crippen molar-refractivity contribution in [3.8, 4) is 11.8 Å². The summed E-state index contributed by atoms with van der Waals surface area (Å²) in [5, 5.41) is 60.7. The maximum atomic E-state index is 11.1. The van der Waals surface area contributed by atoms with Gasteiger partial charge in [0.15, 0.2) is 0 Å². The molecule has 2 aromatic rings. The lowest BCUT2D eigenvalue weighted by Gasteiger charge is -2.45. The number of benzene rings is 2. The van der Waals surface area contributed by atoms with E-state index in [1.165, 1.54) is 31.0 Å². The number of nitrogens with zero attached hydrogens (tertiary/aromatic N) is 1. The fourth-order valence-corrected chi connectivity index (χ4v) is 4.57. The molecule has 33 heavy (non-hydrogen) atoms. The van der Waals surface area contributed by atoms with Crippen LogP contribution < -0.4 is 4.74 Å². The second-order valence-corrected chi connectivity index (χ2v) is 8.79. The summed E-state index contributed by atoms with van der Waals surface area (Å²) >= 11 is 0. The Labute approximate surface area is 192 Å². The van der Waals surface area contributed by atoms with Crippen LogP contribution in [0.2, 0.25) is 0 Å². The maximum Gasteiger partial charge on any atom is 0.222 e. The van der Waals surface area contributed by atoms with Crippen LogP contribution in [0.5, 0.6) is 5.75 Å². The number of aliphatic hydroxyl groups excluding tert-OH is 4. The maximum absolute atomic E-state index is 11.1. The van der Waals surface area contributed by atoms with Gasteiger partial charge in [0.2, 0.25) is 5.79 Å². The molecule has 1 aliphatic carbocycles. The monoisotopic (exact) mass is 455 g/mol. The van der Waals surface area contributed by atoms with Gasteiger partial charge in [0.25, 0.3) is 0 Å². The average molecular weight is 456 g/mol. The van der Waals surface area contributed by atoms with Gasteiger partial charge in [-0.15, -0.1) is 0 Å². The Hall–Kier alpha value is -2.51. The molecular weight excluding hydrogens is 426 g/mol. The first-order valence-corrected chi connectivity index (χ1v) is 11.2. The Balaban J connectivity index is 1.57. The van der Waals surface area contributed by atoms with E-state index in [4.69, 9.17) is 9.47 Å². The van der Waals surface area contributed by atoms with E-state index in [0.717, 1.165) is 24.2 Å². The molecule has 0 bridgehead atoms. The first-order valence-electron chi connectivity index (χ1n) is 11.2. The molecule has 1 aliphatic heterocycles. The quantitative estimate of drug-likeness (QED) is 0.436. The number of ether oxygens (including phenoxy) is 2. The minimum atomic E-state index is -2.37. The zero-order valence-electron chi connectivity index (χ0n) is 18.2. The highest BCUT2D eigenvalue weighted by Crippen LogP contribution is 2.37. The fourth-order valence-electron chi connectivity index (χ4n) is 4.57. The van der Waals surface area contributed by atoms with Crippen molar-refractivity contribution in [2.24, 2.45) is 0 Å². The summed E-state index contributed by atoms with van der Waals surface area (Å²) < 4.78 is 11.4. The Morgan fingerprint density at radius 1 is 1.03 bits per heavy atom. The Morgan fingerprint density at radius 2 is 1.73 bits per heavy atom. The molecular formula is C25H29NO7. The lowest BCUT2D eigenvalue weighted by molar-refractivity contribution is -0.357. The first kappa shape index (κ1) is 23.6. The average Bonchev–Trinajstić information content (AvgIpc) is 3.34. The molecule has 0 aromatic heterocycles. The van der Waals surface area contributed by atoms with Gasteiger partial charge in [-0.2, -0.15) is 5.26 Å². The van der Waals surface area contributed by atoms with Gasteiger partial charge < -0.3 is 35.0 Å². The highest BCUT2D eigenvalue weighted by molar-refractivity contribution is 5.45. The van der Waals surface area contributed by atoms with Crippen molar-refractivity contribution in [2.45, 2.75) is 68.4 Å². The van der Waals surface area contributed by atoms with Gasteiger partial charge in [-0.3, -0.25) is 0 Å². The lowest BCUT2D eigenvalue weighted by Crippen LogP contribution is -2.63. The highest BCUT2D eigenvalue weighted by Gasteiger charge is 2.53. The highest BCUT2D eigenvalue weighted by atomic mass is 16.7. The van der Waals surface area contributed by atoms with Gasteiger partial charge in [0.1, 0.15) is 30.2 Å². The smallest absolute Gasteiger partial charge is 0.222 e. The van der Waals surface area contributed by atoms with E-state index in [-0.39, 0.29) is 11.7 Å². The van der Waals surface area contributed by atoms with Gasteiger partial charge in [-0.25, -0.2) is 0 Å². The van der Waals surface area contributed by atoms with Crippen molar-refractivity contribution < 1.29 is 35.0 Å². The summed E-state index contributed by atoms with van der Waals surface area (Å²) in [6.45, 7) is -0.661. The van der Waals surface area contributed by atoms with Crippen LogP contribution in [0.4, 0.5) is 0 Å². The van der Waals surface area contributed by atoms with Crippen LogP contribution in [0.3, 0.4) is 0 Å². The molecule has 2 aliphatic rings. The number of nitriles is 1. The van der Waals surface area contributed by atoms with E-state index in [2.05, 4.69) is 6.07 Å². The summed E-state index contributed by atoms with van der Waals surface area (Å²) in [6.07, 6.45) is -1.28. The summed E-state index contributed by atoms with van der Waals surface area (Å²) in [5.74, 6) is -1.57. The molecule has 5 atom stereocenters. The third-order valence-electron chi connectivity index (χ3n) is 6.53. The lowest BCUT2D eigenvalue weighted by atomic mass is 9.86. The third kappa shape index (κ3) is 4.75. The predicted molar refractivity (Wildman–Crippen MR) is 117 cm³/mol. The fraction of sp³-hybridized carbons (Fsp3) is 0.480. The molecule has 1 saturated heterocycles. The number of aliphatic hydroxyl groups is 5. The van der Waals surface area contributed by atoms with Crippen molar-refractivity contribution in [1.29, 1.82) is 5.26 Å². The summed E-state index contributed by atoms with van der Waals surface area (Å²) in [7, 11) is 0. The van der Waals surface area contributed by atoms with Crippen LogP contribution in [-0.2, 0) is 16.9 Å². The summed E-state index contributed by atoms with van der Waals surface area (Å²) in [6, 6.07) is 14.2. The molecule has 5 N–H and O–H groups in total. The Kier molecular flexibility index (Phi) is 7.00. The molecule has 0 spiro atoms. The predicted octanol–water partition coefficient (Wildman–Crippen LogP) is 1.09. The van der Waals surface area contributed by atoms with Crippen LogP contribution in [0.25, 0.3) is 0 Å². The molecule has 2 fully saturated rings. The van der Waals surface area contributed by atoms with Crippen LogP contribution in [0, 0.1) is 11.3 Å². The van der Waals surface area contributed by atoms with Gasteiger partial charge in [0.05, 0.1) is 24.3 Å². The Morgan fingerprint density at radius 3 is 2.36 bits per heavy atom. The van der Waals surface area contributed by atoms with Crippen molar-refractivity contribution in [3.05, 3.63) is 64.7 Å². The largest absolute Gasteiger partial charge is 0.490 e. The minimum Gasteiger partial charge on any atom is -0.490 e. The van der Waals surface area contributed by atoms with Gasteiger partial charge in [-0.1, -0.05) is 18.2 Å². The van der Waals surface area contributed by atoms with E-state index >= 15 is 0 Å². The van der Waals surface area contributed by atoms with Gasteiger partial charge >= 0.3 is 0 Å². The molecule has 176 valence electrons. The normalized spacial score (nSPS) is 30.2. The van der Waals surface area contributed by atoms with E-state index in [0.29, 0.717) is 17.5 Å².